The van der Waals surface area contributed by atoms with E-state index in [1.165, 1.54) is 12.8 Å². The molecule has 5 unspecified atom stereocenters. The Labute approximate surface area is 580 Å². The Hall–Kier alpha value is -4.80. The maximum Gasteiger partial charge on any atom is 0.472 e. The molecule has 0 aromatic carbocycles. The van der Waals surface area contributed by atoms with Crippen molar-refractivity contribution in [1.82, 2.24) is 0 Å². The Morgan fingerprint density at radius 3 is 0.906 bits per heavy atom. The van der Waals surface area contributed by atoms with E-state index >= 15 is 0 Å². The summed E-state index contributed by atoms with van der Waals surface area (Å²) in [4.78, 5) is 72.7. The smallest absolute Gasteiger partial charge is 0.462 e. The highest BCUT2D eigenvalue weighted by Crippen LogP contribution is 2.45. The number of phosphoric ester groups is 2. The fraction of sp³-hybridized carbons (Fsp3) is 0.662. The van der Waals surface area contributed by atoms with Gasteiger partial charge in [0.15, 0.2) is 12.2 Å². The van der Waals surface area contributed by atoms with Crippen molar-refractivity contribution in [3.05, 3.63) is 134 Å². The van der Waals surface area contributed by atoms with Crippen molar-refractivity contribution >= 4 is 39.5 Å². The number of carbonyl (C=O) groups is 4. The highest BCUT2D eigenvalue weighted by atomic mass is 31.2. The molecular weight excluding hydrogens is 1260 g/mol. The topological polar surface area (TPSA) is 237 Å². The van der Waals surface area contributed by atoms with Gasteiger partial charge in [-0.3, -0.25) is 37.3 Å². The number of hydrogen-bond donors (Lipinski definition) is 3. The van der Waals surface area contributed by atoms with Gasteiger partial charge in [-0.05, 0) is 148 Å². The molecule has 0 saturated heterocycles. The van der Waals surface area contributed by atoms with Crippen LogP contribution in [0.1, 0.15) is 272 Å². The van der Waals surface area contributed by atoms with Crippen molar-refractivity contribution in [2.45, 2.75) is 290 Å². The van der Waals surface area contributed by atoms with Crippen LogP contribution >= 0.6 is 15.6 Å². The van der Waals surface area contributed by atoms with Gasteiger partial charge in [0.25, 0.3) is 0 Å². The van der Waals surface area contributed by atoms with Crippen LogP contribution in [0.5, 0.6) is 0 Å². The molecule has 0 aliphatic carbocycles. The number of carbonyl (C=O) groups excluding carboxylic acids is 4. The minimum Gasteiger partial charge on any atom is -0.462 e. The molecule has 3 N–H and O–H groups in total. The Kier molecular flexibility index (Phi) is 65.3. The molecule has 0 amide bonds. The first kappa shape index (κ1) is 91.2. The van der Waals surface area contributed by atoms with E-state index in [4.69, 9.17) is 37.0 Å². The standard InChI is InChI=1S/C77H128O17P2/c1-5-9-13-17-21-25-29-32-34-35-37-40-43-46-50-54-58-62-75(80)87-67-72(93-76(81)63-59-55-51-47-41-28-24-20-16-12-8-4)69-91-95(83,84)89-65-71(78)66-90-96(85,86)92-70-73(94-77(82)64-60-56-52-48-44-38-31-27-23-19-15-11-7-3)68-88-74(79)61-57-53-49-45-42-39-36-33-30-26-22-18-14-10-6-2/h9-10,13-15,19-22,24-27,31-34,36-37,40,42,45,71-73,78H,5-8,11-12,16-18,23,28-30,35,38-39,41,43-44,46-70H2,1-4H3,(H,83,84)(H,85,86)/b13-9-,14-10-,19-15-,24-20-,25-21-,26-22-,31-27-,34-32-,36-33-,40-37-,45-42-. The van der Waals surface area contributed by atoms with Gasteiger partial charge >= 0.3 is 39.5 Å². The quantitative estimate of drug-likeness (QED) is 0.0169. The van der Waals surface area contributed by atoms with Crippen molar-refractivity contribution < 1.29 is 80.2 Å². The third-order valence-electron chi connectivity index (χ3n) is 14.6. The first-order valence-electron chi connectivity index (χ1n) is 36.4. The number of phosphoric acid groups is 2. The molecule has 0 spiro atoms. The summed E-state index contributed by atoms with van der Waals surface area (Å²) in [7, 11) is -9.97. The largest absolute Gasteiger partial charge is 0.472 e. The van der Waals surface area contributed by atoms with Crippen molar-refractivity contribution in [3.63, 3.8) is 0 Å². The van der Waals surface area contributed by atoms with Crippen molar-refractivity contribution in [3.8, 4) is 0 Å². The monoisotopic (exact) mass is 1390 g/mol. The summed E-state index contributed by atoms with van der Waals surface area (Å²) >= 11 is 0. The van der Waals surface area contributed by atoms with Crippen LogP contribution in [0.25, 0.3) is 0 Å². The Morgan fingerprint density at radius 2 is 0.562 bits per heavy atom. The average Bonchev–Trinajstić information content (AvgIpc) is 1.13. The molecule has 0 fully saturated rings. The third-order valence-corrected chi connectivity index (χ3v) is 16.5. The van der Waals surface area contributed by atoms with Crippen molar-refractivity contribution in [2.24, 2.45) is 0 Å². The van der Waals surface area contributed by atoms with Crippen LogP contribution in [0.4, 0.5) is 0 Å². The molecule has 0 radical (unpaired) electrons. The van der Waals surface area contributed by atoms with E-state index in [1.54, 1.807) is 0 Å². The van der Waals surface area contributed by atoms with E-state index in [9.17, 15) is 43.2 Å². The van der Waals surface area contributed by atoms with Crippen LogP contribution in [-0.4, -0.2) is 96.7 Å². The second-order valence-electron chi connectivity index (χ2n) is 23.8. The van der Waals surface area contributed by atoms with Gasteiger partial charge < -0.3 is 33.8 Å². The summed E-state index contributed by atoms with van der Waals surface area (Å²) in [6, 6.07) is 0. The summed E-state index contributed by atoms with van der Waals surface area (Å²) < 4.78 is 68.2. The van der Waals surface area contributed by atoms with Crippen LogP contribution in [0.3, 0.4) is 0 Å². The van der Waals surface area contributed by atoms with E-state index in [-0.39, 0.29) is 25.7 Å². The van der Waals surface area contributed by atoms with Crippen LogP contribution in [0, 0.1) is 0 Å². The number of unbranched alkanes of at least 4 members (excludes halogenated alkanes) is 19. The van der Waals surface area contributed by atoms with Crippen LogP contribution < -0.4 is 0 Å². The fourth-order valence-electron chi connectivity index (χ4n) is 9.04. The van der Waals surface area contributed by atoms with Crippen LogP contribution in [-0.2, 0) is 65.4 Å². The van der Waals surface area contributed by atoms with Gasteiger partial charge in [-0.25, -0.2) is 9.13 Å². The predicted molar refractivity (Wildman–Crippen MR) is 390 cm³/mol. The first-order chi connectivity index (χ1) is 46.7. The lowest BCUT2D eigenvalue weighted by Gasteiger charge is -2.21. The molecule has 0 saturated carbocycles. The Bertz CT molecular complexity index is 2350. The lowest BCUT2D eigenvalue weighted by atomic mass is 10.1. The summed E-state index contributed by atoms with van der Waals surface area (Å²) in [6.45, 7) is 4.41. The fourth-order valence-corrected chi connectivity index (χ4v) is 10.6. The molecule has 0 aromatic rings. The highest BCUT2D eigenvalue weighted by Gasteiger charge is 2.30. The van der Waals surface area contributed by atoms with Crippen molar-refractivity contribution in [1.29, 1.82) is 0 Å². The normalized spacial score (nSPS) is 14.8. The molecule has 0 bridgehead atoms. The highest BCUT2D eigenvalue weighted by molar-refractivity contribution is 7.47. The number of esters is 4. The van der Waals surface area contributed by atoms with E-state index in [1.807, 2.05) is 0 Å². The van der Waals surface area contributed by atoms with Gasteiger partial charge in [-0.15, -0.1) is 0 Å². The molecular formula is C77H128O17P2. The van der Waals surface area contributed by atoms with Gasteiger partial charge in [0.2, 0.25) is 0 Å². The first-order valence-corrected chi connectivity index (χ1v) is 39.4. The van der Waals surface area contributed by atoms with Gasteiger partial charge in [-0.1, -0.05) is 232 Å². The molecule has 0 rings (SSSR count). The summed E-state index contributed by atoms with van der Waals surface area (Å²) in [6.07, 6.45) is 74.6. The van der Waals surface area contributed by atoms with Gasteiger partial charge in [0, 0.05) is 25.7 Å². The minimum atomic E-state index is -4.99. The molecule has 96 heavy (non-hydrogen) atoms. The molecule has 0 aliphatic rings. The van der Waals surface area contributed by atoms with E-state index in [2.05, 4.69) is 161 Å². The molecule has 5 atom stereocenters. The molecule has 548 valence electrons. The number of allylic oxidation sites excluding steroid dienone is 22. The van der Waals surface area contributed by atoms with Gasteiger partial charge in [0.05, 0.1) is 26.4 Å². The minimum absolute atomic E-state index is 0.0657. The van der Waals surface area contributed by atoms with Crippen molar-refractivity contribution in [2.75, 3.05) is 39.6 Å². The molecule has 0 aromatic heterocycles. The lowest BCUT2D eigenvalue weighted by molar-refractivity contribution is -0.161. The van der Waals surface area contributed by atoms with Gasteiger partial charge in [0.1, 0.15) is 19.3 Å². The van der Waals surface area contributed by atoms with Crippen LogP contribution in [0.15, 0.2) is 134 Å². The van der Waals surface area contributed by atoms with E-state index in [0.29, 0.717) is 25.7 Å². The Balaban J connectivity index is 5.39. The summed E-state index contributed by atoms with van der Waals surface area (Å²) in [5.74, 6) is -2.28. The SMILES string of the molecule is CC/C=C\C/C=C\C/C=C\C/C=C\CCCCCCC(=O)OCC(COP(=O)(O)OCC(O)COP(=O)(O)OCC(COC(=O)CCCC/C=C\C/C=C\C/C=C\C/C=C\CC)OC(=O)CCCCCCC/C=C\C/C=C\CCC)OC(=O)CCCCCCC/C=C\CCCC. The number of rotatable bonds is 67. The number of ether oxygens (including phenoxy) is 4. The van der Waals surface area contributed by atoms with Gasteiger partial charge in [-0.2, -0.15) is 0 Å². The number of hydrogen-bond acceptors (Lipinski definition) is 15. The maximum absolute atomic E-state index is 13.0. The van der Waals surface area contributed by atoms with Crippen LogP contribution in [0.2, 0.25) is 0 Å². The number of aliphatic hydroxyl groups excluding tert-OH is 1. The molecule has 17 nitrogen and oxygen atoms in total. The zero-order valence-corrected chi connectivity index (χ0v) is 61.3. The summed E-state index contributed by atoms with van der Waals surface area (Å²) in [5, 5.41) is 10.6. The average molecular weight is 1390 g/mol. The lowest BCUT2D eigenvalue weighted by Crippen LogP contribution is -2.30. The second kappa shape index (κ2) is 68.7. The third kappa shape index (κ3) is 67.8. The Morgan fingerprint density at radius 1 is 0.302 bits per heavy atom. The molecule has 19 heteroatoms. The predicted octanol–water partition coefficient (Wildman–Crippen LogP) is 20.5. The molecule has 0 heterocycles. The zero-order chi connectivity index (χ0) is 70.4. The molecule has 0 aliphatic heterocycles. The number of aliphatic hydroxyl groups is 1. The summed E-state index contributed by atoms with van der Waals surface area (Å²) in [5.41, 5.74) is 0. The zero-order valence-electron chi connectivity index (χ0n) is 59.5. The van der Waals surface area contributed by atoms with E-state index < -0.39 is 97.5 Å². The second-order valence-corrected chi connectivity index (χ2v) is 26.7. The maximum atomic E-state index is 13.0. The van der Waals surface area contributed by atoms with E-state index in [0.717, 1.165) is 180 Å².